The first kappa shape index (κ1) is 11.8. The third kappa shape index (κ3) is 2.91. The fraction of sp³-hybridized carbons (Fsp3) is 0.231. The number of H-pyrrole nitrogens is 2. The zero-order valence-electron chi connectivity index (χ0n) is 9.62. The molecule has 2 N–H and O–H groups in total. The van der Waals surface area contributed by atoms with Crippen molar-refractivity contribution in [2.24, 2.45) is 0 Å². The Morgan fingerprint density at radius 2 is 1.88 bits per heavy atom. The van der Waals surface area contributed by atoms with E-state index in [0.717, 1.165) is 24.1 Å². The molecular weight excluding hydrogens is 232 g/mol. The van der Waals surface area contributed by atoms with Gasteiger partial charge in [0, 0.05) is 6.07 Å². The lowest BCUT2D eigenvalue weighted by Gasteiger charge is -2.03. The highest BCUT2D eigenvalue weighted by atomic mass is 32.1. The monoisotopic (exact) mass is 246 g/mol. The van der Waals surface area contributed by atoms with Gasteiger partial charge in [-0.1, -0.05) is 37.6 Å². The molecule has 88 valence electrons. The summed E-state index contributed by atoms with van der Waals surface area (Å²) >= 11 is 4.94. The normalized spacial score (nSPS) is 10.4. The lowest BCUT2D eigenvalue weighted by atomic mass is 10.1. The van der Waals surface area contributed by atoms with Gasteiger partial charge in [-0.05, 0) is 29.8 Å². The van der Waals surface area contributed by atoms with E-state index in [9.17, 15) is 4.79 Å². The van der Waals surface area contributed by atoms with E-state index in [1.165, 1.54) is 11.6 Å². The average molecular weight is 246 g/mol. The molecule has 1 aromatic carbocycles. The fourth-order valence-corrected chi connectivity index (χ4v) is 1.97. The first-order valence-electron chi connectivity index (χ1n) is 5.62. The molecule has 2 rings (SSSR count). The lowest BCUT2D eigenvalue weighted by Crippen LogP contribution is -2.06. The molecule has 4 heteroatoms. The first-order chi connectivity index (χ1) is 8.19. The summed E-state index contributed by atoms with van der Waals surface area (Å²) in [6.45, 7) is 2.15. The molecule has 1 heterocycles. The summed E-state index contributed by atoms with van der Waals surface area (Å²) in [6, 6.07) is 9.69. The minimum absolute atomic E-state index is 0.179. The highest BCUT2D eigenvalue weighted by Crippen LogP contribution is 2.16. The molecule has 0 saturated heterocycles. The minimum atomic E-state index is -0.179. The van der Waals surface area contributed by atoms with Crippen LogP contribution < -0.4 is 5.56 Å². The van der Waals surface area contributed by atoms with E-state index in [4.69, 9.17) is 12.2 Å². The maximum Gasteiger partial charge on any atom is 0.252 e. The van der Waals surface area contributed by atoms with Crippen molar-refractivity contribution >= 4 is 12.2 Å². The van der Waals surface area contributed by atoms with Crippen molar-refractivity contribution in [1.82, 2.24) is 9.97 Å². The standard InChI is InChI=1S/C13H14N2OS/c1-2-3-9-4-6-10(7-5-9)11-8-12(16)15-13(17)14-11/h4-8H,2-3H2,1H3,(H2,14,15,16,17). The topological polar surface area (TPSA) is 48.6 Å². The van der Waals surface area contributed by atoms with Gasteiger partial charge < -0.3 is 4.98 Å². The van der Waals surface area contributed by atoms with Gasteiger partial charge in [0.25, 0.3) is 5.56 Å². The minimum Gasteiger partial charge on any atom is -0.332 e. The molecular formula is C13H14N2OS. The maximum atomic E-state index is 11.3. The summed E-state index contributed by atoms with van der Waals surface area (Å²) in [5.41, 5.74) is 2.85. The largest absolute Gasteiger partial charge is 0.332 e. The van der Waals surface area contributed by atoms with E-state index in [1.807, 2.05) is 12.1 Å². The predicted octanol–water partition coefficient (Wildman–Crippen LogP) is 3.05. The molecule has 0 aliphatic carbocycles. The summed E-state index contributed by atoms with van der Waals surface area (Å²) in [6.07, 6.45) is 2.21. The van der Waals surface area contributed by atoms with E-state index in [1.54, 1.807) is 0 Å². The van der Waals surface area contributed by atoms with E-state index in [0.29, 0.717) is 4.77 Å². The molecule has 0 amide bonds. The van der Waals surface area contributed by atoms with Gasteiger partial charge in [0.2, 0.25) is 0 Å². The Bertz CT molecular complexity index is 582. The van der Waals surface area contributed by atoms with Crippen LogP contribution >= 0.6 is 12.2 Å². The number of rotatable bonds is 3. The van der Waals surface area contributed by atoms with Gasteiger partial charge in [0.1, 0.15) is 0 Å². The van der Waals surface area contributed by atoms with Crippen LogP contribution in [0.25, 0.3) is 11.3 Å². The van der Waals surface area contributed by atoms with Crippen molar-refractivity contribution < 1.29 is 0 Å². The summed E-state index contributed by atoms with van der Waals surface area (Å²) in [7, 11) is 0. The Labute approximate surface area is 105 Å². The molecule has 0 bridgehead atoms. The second-order valence-corrected chi connectivity index (χ2v) is 4.36. The van der Waals surface area contributed by atoms with Crippen LogP contribution in [0.5, 0.6) is 0 Å². The molecule has 0 saturated carbocycles. The number of nitrogens with one attached hydrogen (secondary N) is 2. The third-order valence-corrected chi connectivity index (χ3v) is 2.77. The molecule has 0 radical (unpaired) electrons. The molecule has 0 atom stereocenters. The Kier molecular flexibility index (Phi) is 3.54. The highest BCUT2D eigenvalue weighted by molar-refractivity contribution is 7.71. The molecule has 0 unspecified atom stereocenters. The van der Waals surface area contributed by atoms with Crippen LogP contribution in [0.1, 0.15) is 18.9 Å². The van der Waals surface area contributed by atoms with Gasteiger partial charge in [-0.3, -0.25) is 9.78 Å². The summed E-state index contributed by atoms with van der Waals surface area (Å²) in [4.78, 5) is 16.8. The Morgan fingerprint density at radius 1 is 1.18 bits per heavy atom. The smallest absolute Gasteiger partial charge is 0.252 e. The number of benzene rings is 1. The number of hydrogen-bond donors (Lipinski definition) is 2. The van der Waals surface area contributed by atoms with Crippen LogP contribution in [0.3, 0.4) is 0 Å². The van der Waals surface area contributed by atoms with Crippen LogP contribution in [-0.2, 0) is 6.42 Å². The van der Waals surface area contributed by atoms with Crippen LogP contribution in [0.2, 0.25) is 0 Å². The maximum absolute atomic E-state index is 11.3. The van der Waals surface area contributed by atoms with E-state index in [-0.39, 0.29) is 5.56 Å². The second-order valence-electron chi connectivity index (χ2n) is 3.95. The Hall–Kier alpha value is -1.68. The zero-order valence-corrected chi connectivity index (χ0v) is 10.4. The van der Waals surface area contributed by atoms with E-state index in [2.05, 4.69) is 29.0 Å². The predicted molar refractivity (Wildman–Crippen MR) is 71.7 cm³/mol. The second kappa shape index (κ2) is 5.10. The van der Waals surface area contributed by atoms with E-state index >= 15 is 0 Å². The number of aromatic nitrogens is 2. The Balaban J connectivity index is 2.39. The van der Waals surface area contributed by atoms with Crippen LogP contribution in [0.4, 0.5) is 0 Å². The van der Waals surface area contributed by atoms with Crippen molar-refractivity contribution in [3.63, 3.8) is 0 Å². The first-order valence-corrected chi connectivity index (χ1v) is 6.03. The van der Waals surface area contributed by atoms with Crippen LogP contribution in [0.15, 0.2) is 35.1 Å². The van der Waals surface area contributed by atoms with Gasteiger partial charge in [0.15, 0.2) is 4.77 Å². The molecule has 0 spiro atoms. The SMILES string of the molecule is CCCc1ccc(-c2cc(=O)[nH]c(=S)[nH]2)cc1. The summed E-state index contributed by atoms with van der Waals surface area (Å²) in [5.74, 6) is 0. The van der Waals surface area contributed by atoms with Crippen molar-refractivity contribution in [1.29, 1.82) is 0 Å². The summed E-state index contributed by atoms with van der Waals surface area (Å²) in [5, 5.41) is 0. The van der Waals surface area contributed by atoms with Crippen molar-refractivity contribution in [2.75, 3.05) is 0 Å². The summed E-state index contributed by atoms with van der Waals surface area (Å²) < 4.78 is 0.352. The van der Waals surface area contributed by atoms with Gasteiger partial charge in [-0.2, -0.15) is 0 Å². The number of aryl methyl sites for hydroxylation is 1. The van der Waals surface area contributed by atoms with Crippen molar-refractivity contribution in [2.45, 2.75) is 19.8 Å². The molecule has 17 heavy (non-hydrogen) atoms. The molecule has 1 aromatic heterocycles. The van der Waals surface area contributed by atoms with Gasteiger partial charge in [0.05, 0.1) is 5.69 Å². The zero-order chi connectivity index (χ0) is 12.3. The average Bonchev–Trinajstić information content (AvgIpc) is 2.29. The fourth-order valence-electron chi connectivity index (χ4n) is 1.76. The molecule has 2 aromatic rings. The highest BCUT2D eigenvalue weighted by Gasteiger charge is 1.99. The van der Waals surface area contributed by atoms with E-state index < -0.39 is 0 Å². The number of hydrogen-bond acceptors (Lipinski definition) is 2. The molecule has 3 nitrogen and oxygen atoms in total. The van der Waals surface area contributed by atoms with Gasteiger partial charge >= 0.3 is 0 Å². The Morgan fingerprint density at radius 3 is 2.47 bits per heavy atom. The lowest BCUT2D eigenvalue weighted by molar-refractivity contribution is 0.922. The number of aromatic amines is 2. The molecule has 0 aliphatic heterocycles. The van der Waals surface area contributed by atoms with Crippen molar-refractivity contribution in [3.05, 3.63) is 51.0 Å². The van der Waals surface area contributed by atoms with Crippen LogP contribution in [0, 0.1) is 4.77 Å². The van der Waals surface area contributed by atoms with Gasteiger partial charge in [-0.25, -0.2) is 0 Å². The molecule has 0 fully saturated rings. The van der Waals surface area contributed by atoms with Gasteiger partial charge in [-0.15, -0.1) is 0 Å². The van der Waals surface area contributed by atoms with Crippen molar-refractivity contribution in [3.8, 4) is 11.3 Å². The molecule has 0 aliphatic rings. The van der Waals surface area contributed by atoms with Crippen LogP contribution in [-0.4, -0.2) is 9.97 Å². The third-order valence-electron chi connectivity index (χ3n) is 2.56. The quantitative estimate of drug-likeness (QED) is 0.818.